The average Bonchev–Trinajstić information content (AvgIpc) is 3.24. The Kier molecular flexibility index (Phi) is 11.5. The van der Waals surface area contributed by atoms with E-state index in [9.17, 15) is 20.4 Å². The summed E-state index contributed by atoms with van der Waals surface area (Å²) in [5.41, 5.74) is 4.36. The summed E-state index contributed by atoms with van der Waals surface area (Å²) in [7, 11) is 0. The van der Waals surface area contributed by atoms with Crippen molar-refractivity contribution in [2.24, 2.45) is 30.4 Å². The van der Waals surface area contributed by atoms with Crippen LogP contribution in [0, 0.1) is 0 Å². The summed E-state index contributed by atoms with van der Waals surface area (Å²) in [4.78, 5) is 8.82. The van der Waals surface area contributed by atoms with Crippen LogP contribution in [0.4, 0.5) is 34.1 Å². The zero-order valence-electron chi connectivity index (χ0n) is 30.8. The fourth-order valence-electron chi connectivity index (χ4n) is 6.27. The standard InChI is InChI=1S/C46H28Cl4N6O4/c47-35-5-1-3-7-41(35)53-55-43-21-29(17-27-9-13-31(57)23-33(27)43)45(59)51-39-15-11-25(19-37(39)49)26-12-16-40(38(50)20-26)52-46(60)30-18-28-10-14-32(58)24-34(28)44(22-30)56-54-42-8-4-2-6-36(42)48/h1-24,57-58H,(H,51,59)(H,52,60). The lowest BCUT2D eigenvalue weighted by molar-refractivity contribution is 0.475. The highest BCUT2D eigenvalue weighted by Crippen LogP contribution is 2.38. The molecule has 0 saturated carbocycles. The molecule has 8 aromatic carbocycles. The quantitative estimate of drug-likeness (QED) is 0.0647. The van der Waals surface area contributed by atoms with E-state index in [0.717, 1.165) is 0 Å². The van der Waals surface area contributed by atoms with Crippen molar-refractivity contribution < 1.29 is 20.4 Å². The van der Waals surface area contributed by atoms with E-state index in [4.69, 9.17) is 46.4 Å². The number of hydrogen-bond acceptors (Lipinski definition) is 8. The Labute approximate surface area is 362 Å². The van der Waals surface area contributed by atoms with E-state index < -0.39 is 0 Å². The molecule has 0 saturated heterocycles. The smallest absolute Gasteiger partial charge is 0.218 e. The van der Waals surface area contributed by atoms with Gasteiger partial charge in [0.05, 0.1) is 42.8 Å². The monoisotopic (exact) mass is 868 g/mol. The first-order chi connectivity index (χ1) is 29.0. The molecule has 0 aromatic heterocycles. The number of halogens is 4. The first kappa shape index (κ1) is 40.0. The van der Waals surface area contributed by atoms with Crippen LogP contribution in [0.3, 0.4) is 0 Å². The lowest BCUT2D eigenvalue weighted by Crippen LogP contribution is -1.99. The molecule has 0 radical (unpaired) electrons. The Balaban J connectivity index is 1.06. The van der Waals surface area contributed by atoms with Crippen LogP contribution in [0.2, 0.25) is 20.1 Å². The number of fused-ring (bicyclic) bond motifs is 2. The van der Waals surface area contributed by atoms with E-state index in [1.54, 1.807) is 133 Å². The number of benzene rings is 8. The van der Waals surface area contributed by atoms with E-state index >= 15 is 0 Å². The molecule has 0 bridgehead atoms. The van der Waals surface area contributed by atoms with Gasteiger partial charge in [0.2, 0.25) is 11.8 Å². The van der Waals surface area contributed by atoms with Crippen molar-refractivity contribution in [2.75, 3.05) is 0 Å². The molecule has 8 aromatic rings. The van der Waals surface area contributed by atoms with E-state index in [0.29, 0.717) is 88.0 Å². The molecule has 60 heavy (non-hydrogen) atoms. The summed E-state index contributed by atoms with van der Waals surface area (Å²) >= 11 is 26.0. The third-order valence-electron chi connectivity index (χ3n) is 9.27. The SMILES string of the molecule is OC(=Nc1ccc(-c2ccc(N=C(O)c3cc(N=Nc4ccccc4Cl)c4cc(O)ccc4c3)c(Cl)c2)cc1Cl)c1cc(N=Nc2ccccc2Cl)c2cc(O)ccc2c1. The molecule has 14 heteroatoms. The van der Waals surface area contributed by atoms with Crippen molar-refractivity contribution in [1.82, 2.24) is 0 Å². The molecule has 8 rings (SSSR count). The van der Waals surface area contributed by atoms with Gasteiger partial charge in [-0.05, 0) is 119 Å². The number of aromatic hydroxyl groups is 2. The highest BCUT2D eigenvalue weighted by Gasteiger charge is 2.14. The Morgan fingerprint density at radius 3 is 1.17 bits per heavy atom. The molecule has 0 aliphatic carbocycles. The molecule has 10 nitrogen and oxygen atoms in total. The molecule has 0 spiro atoms. The molecule has 0 aliphatic rings. The predicted molar refractivity (Wildman–Crippen MR) is 242 cm³/mol. The van der Waals surface area contributed by atoms with E-state index in [1.807, 2.05) is 0 Å². The summed E-state index contributed by atoms with van der Waals surface area (Å²) in [6.45, 7) is 0. The Morgan fingerprint density at radius 1 is 0.367 bits per heavy atom. The van der Waals surface area contributed by atoms with Gasteiger partial charge in [0.15, 0.2) is 0 Å². The van der Waals surface area contributed by atoms with Crippen LogP contribution in [-0.4, -0.2) is 32.2 Å². The topological polar surface area (TPSA) is 155 Å². The molecule has 4 N–H and O–H groups in total. The van der Waals surface area contributed by atoms with Gasteiger partial charge in [0, 0.05) is 21.9 Å². The van der Waals surface area contributed by atoms with Crippen molar-refractivity contribution in [1.29, 1.82) is 0 Å². The zero-order valence-corrected chi connectivity index (χ0v) is 33.9. The van der Waals surface area contributed by atoms with Crippen molar-refractivity contribution in [2.45, 2.75) is 0 Å². The minimum Gasteiger partial charge on any atom is -0.508 e. The summed E-state index contributed by atoms with van der Waals surface area (Å²) in [6.07, 6.45) is 0. The minimum absolute atomic E-state index is 0.0456. The third kappa shape index (κ3) is 8.78. The summed E-state index contributed by atoms with van der Waals surface area (Å²) in [5, 5.41) is 64.0. The van der Waals surface area contributed by atoms with Crippen LogP contribution in [0.5, 0.6) is 11.5 Å². The molecular weight excluding hydrogens is 842 g/mol. The van der Waals surface area contributed by atoms with Crippen LogP contribution in [0.15, 0.2) is 176 Å². The van der Waals surface area contributed by atoms with Gasteiger partial charge in [-0.1, -0.05) is 94.9 Å². The molecule has 0 atom stereocenters. The van der Waals surface area contributed by atoms with Gasteiger partial charge in [0.1, 0.15) is 22.9 Å². The normalized spacial score (nSPS) is 12.3. The van der Waals surface area contributed by atoms with Crippen LogP contribution in [0.1, 0.15) is 11.1 Å². The maximum absolute atomic E-state index is 11.2. The van der Waals surface area contributed by atoms with Gasteiger partial charge in [-0.15, -0.1) is 20.5 Å². The lowest BCUT2D eigenvalue weighted by Gasteiger charge is -2.09. The van der Waals surface area contributed by atoms with Gasteiger partial charge in [0.25, 0.3) is 0 Å². The van der Waals surface area contributed by atoms with E-state index in [2.05, 4.69) is 30.4 Å². The van der Waals surface area contributed by atoms with Crippen LogP contribution in [0.25, 0.3) is 32.7 Å². The number of nitrogens with zero attached hydrogens (tertiary/aromatic N) is 6. The van der Waals surface area contributed by atoms with Crippen molar-refractivity contribution in [3.05, 3.63) is 177 Å². The molecular formula is C46H28Cl4N6O4. The van der Waals surface area contributed by atoms with Crippen molar-refractivity contribution in [3.63, 3.8) is 0 Å². The molecule has 294 valence electrons. The van der Waals surface area contributed by atoms with Gasteiger partial charge in [-0.25, -0.2) is 9.98 Å². The summed E-state index contributed by atoms with van der Waals surface area (Å²) in [6, 6.07) is 40.5. The minimum atomic E-state index is -0.320. The molecule has 0 aliphatic heterocycles. The lowest BCUT2D eigenvalue weighted by atomic mass is 10.0. The van der Waals surface area contributed by atoms with E-state index in [1.165, 1.54) is 12.1 Å². The maximum atomic E-state index is 11.2. The molecule has 0 heterocycles. The van der Waals surface area contributed by atoms with E-state index in [-0.39, 0.29) is 33.3 Å². The van der Waals surface area contributed by atoms with Gasteiger partial charge in [-0.2, -0.15) is 0 Å². The second-order valence-corrected chi connectivity index (χ2v) is 14.9. The Morgan fingerprint density at radius 2 is 0.767 bits per heavy atom. The van der Waals surface area contributed by atoms with Crippen molar-refractivity contribution >= 4 is 114 Å². The Bertz CT molecular complexity index is 2910. The number of phenolic OH excluding ortho intramolecular Hbond substituents is 2. The van der Waals surface area contributed by atoms with Crippen LogP contribution < -0.4 is 0 Å². The fraction of sp³-hybridized carbons (Fsp3) is 0. The molecule has 0 fully saturated rings. The predicted octanol–water partition coefficient (Wildman–Crippen LogP) is 15.8. The van der Waals surface area contributed by atoms with Crippen LogP contribution in [-0.2, 0) is 0 Å². The third-order valence-corrected chi connectivity index (χ3v) is 10.5. The van der Waals surface area contributed by atoms with Gasteiger partial charge >= 0.3 is 0 Å². The largest absolute Gasteiger partial charge is 0.508 e. The van der Waals surface area contributed by atoms with Gasteiger partial charge in [-0.3, -0.25) is 0 Å². The second-order valence-electron chi connectivity index (χ2n) is 13.3. The number of phenols is 2. The number of azo groups is 2. The number of aliphatic hydroxyl groups is 2. The zero-order chi connectivity index (χ0) is 41.9. The van der Waals surface area contributed by atoms with Crippen molar-refractivity contribution in [3.8, 4) is 22.6 Å². The fourth-order valence-corrected chi connectivity index (χ4v) is 7.06. The Hall–Kier alpha value is -6.82. The van der Waals surface area contributed by atoms with Gasteiger partial charge < -0.3 is 20.4 Å². The number of aliphatic hydroxyl groups excluding tert-OH is 2. The summed E-state index contributed by atoms with van der Waals surface area (Å²) in [5.74, 6) is -0.549. The number of hydrogen-bond donors (Lipinski definition) is 4. The summed E-state index contributed by atoms with van der Waals surface area (Å²) < 4.78 is 0. The first-order valence-electron chi connectivity index (χ1n) is 18.0. The van der Waals surface area contributed by atoms with Crippen LogP contribution >= 0.6 is 46.4 Å². The number of rotatable bonds is 9. The highest BCUT2D eigenvalue weighted by molar-refractivity contribution is 6.34. The maximum Gasteiger partial charge on any atom is 0.218 e. The highest BCUT2D eigenvalue weighted by atomic mass is 35.5. The molecule has 0 amide bonds. The molecule has 0 unspecified atom stereocenters. The number of aliphatic imine (C=N–C) groups is 2. The first-order valence-corrected chi connectivity index (χ1v) is 19.5. The second kappa shape index (κ2) is 17.2. The average molecular weight is 871 g/mol.